The van der Waals surface area contributed by atoms with Gasteiger partial charge in [0.05, 0.1) is 5.56 Å². The number of hydrogen-bond acceptors (Lipinski definition) is 3. The zero-order valence-corrected chi connectivity index (χ0v) is 14.0. The van der Waals surface area contributed by atoms with Gasteiger partial charge in [-0.3, -0.25) is 5.32 Å². The second-order valence-corrected chi connectivity index (χ2v) is 6.50. The van der Waals surface area contributed by atoms with E-state index in [-0.39, 0.29) is 17.6 Å². The number of anilines is 1. The number of benzene rings is 2. The van der Waals surface area contributed by atoms with Gasteiger partial charge >= 0.3 is 12.1 Å². The van der Waals surface area contributed by atoms with E-state index in [0.29, 0.717) is 11.3 Å². The highest BCUT2D eigenvalue weighted by atomic mass is 16.5. The Balaban J connectivity index is 2.09. The fourth-order valence-electron chi connectivity index (χ4n) is 2.31. The maximum Gasteiger partial charge on any atom is 0.411 e. The molecule has 0 aliphatic rings. The molecule has 0 aromatic heterocycles. The first-order valence-corrected chi connectivity index (χ1v) is 7.63. The molecule has 0 aliphatic heterocycles. The predicted molar refractivity (Wildman–Crippen MR) is 92.4 cm³/mol. The maximum atomic E-state index is 11.9. The van der Waals surface area contributed by atoms with Crippen LogP contribution in [0.5, 0.6) is 0 Å². The monoisotopic (exact) mass is 327 g/mol. The quantitative estimate of drug-likeness (QED) is 0.871. The molecule has 2 N–H and O–H groups in total. The van der Waals surface area contributed by atoms with Crippen LogP contribution >= 0.6 is 0 Å². The number of carbonyl (C=O) groups is 2. The van der Waals surface area contributed by atoms with Crippen LogP contribution in [0.2, 0.25) is 0 Å². The molecular weight excluding hydrogens is 306 g/mol. The molecule has 0 unspecified atom stereocenters. The van der Waals surface area contributed by atoms with Gasteiger partial charge in [0.2, 0.25) is 0 Å². The third-order valence-corrected chi connectivity index (χ3v) is 3.52. The lowest BCUT2D eigenvalue weighted by molar-refractivity contribution is 0.0694. The molecule has 24 heavy (non-hydrogen) atoms. The average Bonchev–Trinajstić information content (AvgIpc) is 2.53. The van der Waals surface area contributed by atoms with E-state index in [9.17, 15) is 14.7 Å². The molecule has 2 aromatic rings. The molecule has 2 aromatic carbocycles. The van der Waals surface area contributed by atoms with E-state index in [0.717, 1.165) is 5.56 Å². The fraction of sp³-hybridized carbons (Fsp3) is 0.263. The zero-order valence-electron chi connectivity index (χ0n) is 14.0. The molecule has 5 nitrogen and oxygen atoms in total. The Labute approximate surface area is 141 Å². The summed E-state index contributed by atoms with van der Waals surface area (Å²) in [6.07, 6.45) is -0.582. The van der Waals surface area contributed by atoms with Crippen molar-refractivity contribution in [3.05, 3.63) is 65.2 Å². The second-order valence-electron chi connectivity index (χ2n) is 6.50. The lowest BCUT2D eigenvalue weighted by atomic mass is 9.83. The fourth-order valence-corrected chi connectivity index (χ4v) is 2.31. The smallest absolute Gasteiger partial charge is 0.411 e. The SMILES string of the molecule is CC(C)(C)c1cc(NC(=O)OCc2ccccc2)ccc1C(=O)O. The van der Waals surface area contributed by atoms with Crippen molar-refractivity contribution in [2.45, 2.75) is 32.8 Å². The molecule has 126 valence electrons. The van der Waals surface area contributed by atoms with Crippen LogP contribution in [0, 0.1) is 0 Å². The molecule has 0 saturated carbocycles. The van der Waals surface area contributed by atoms with E-state index in [2.05, 4.69) is 5.32 Å². The Morgan fingerprint density at radius 1 is 1.08 bits per heavy atom. The number of amides is 1. The Hall–Kier alpha value is -2.82. The van der Waals surface area contributed by atoms with Crippen molar-refractivity contribution in [3.63, 3.8) is 0 Å². The summed E-state index contributed by atoms with van der Waals surface area (Å²) in [4.78, 5) is 23.3. The van der Waals surface area contributed by atoms with Gasteiger partial charge in [-0.15, -0.1) is 0 Å². The van der Waals surface area contributed by atoms with Crippen molar-refractivity contribution in [3.8, 4) is 0 Å². The van der Waals surface area contributed by atoms with Crippen LogP contribution in [0.3, 0.4) is 0 Å². The third-order valence-electron chi connectivity index (χ3n) is 3.52. The van der Waals surface area contributed by atoms with Gasteiger partial charge in [0.25, 0.3) is 0 Å². The minimum absolute atomic E-state index is 0.173. The molecule has 1 amide bonds. The average molecular weight is 327 g/mol. The van der Waals surface area contributed by atoms with Crippen molar-refractivity contribution < 1.29 is 19.4 Å². The molecule has 0 saturated heterocycles. The van der Waals surface area contributed by atoms with Gasteiger partial charge in [0.1, 0.15) is 6.61 Å². The lowest BCUT2D eigenvalue weighted by Gasteiger charge is -2.22. The summed E-state index contributed by atoms with van der Waals surface area (Å²) >= 11 is 0. The van der Waals surface area contributed by atoms with E-state index in [1.165, 1.54) is 6.07 Å². The normalized spacial score (nSPS) is 11.0. The minimum atomic E-state index is -0.988. The summed E-state index contributed by atoms with van der Waals surface area (Å²) < 4.78 is 5.17. The molecule has 0 radical (unpaired) electrons. The number of carboxylic acids is 1. The van der Waals surface area contributed by atoms with Crippen molar-refractivity contribution >= 4 is 17.7 Å². The van der Waals surface area contributed by atoms with Gasteiger partial charge in [-0.05, 0) is 34.7 Å². The van der Waals surface area contributed by atoms with E-state index in [1.54, 1.807) is 12.1 Å². The number of ether oxygens (including phenoxy) is 1. The third kappa shape index (κ3) is 4.59. The van der Waals surface area contributed by atoms with Crippen LogP contribution in [0.1, 0.15) is 42.3 Å². The number of aromatic carboxylic acids is 1. The summed E-state index contributed by atoms with van der Waals surface area (Å²) in [5.41, 5.74) is 1.91. The van der Waals surface area contributed by atoms with E-state index in [4.69, 9.17) is 4.74 Å². The molecular formula is C19H21NO4. The summed E-state index contributed by atoms with van der Waals surface area (Å²) in [7, 11) is 0. The van der Waals surface area contributed by atoms with E-state index in [1.807, 2.05) is 51.1 Å². The van der Waals surface area contributed by atoms with Gasteiger partial charge in [-0.1, -0.05) is 51.1 Å². The molecule has 5 heteroatoms. The predicted octanol–water partition coefficient (Wildman–Crippen LogP) is 4.43. The first-order chi connectivity index (χ1) is 11.3. The first kappa shape index (κ1) is 17.5. The maximum absolute atomic E-state index is 11.9. The Morgan fingerprint density at radius 2 is 1.75 bits per heavy atom. The van der Waals surface area contributed by atoms with Crippen molar-refractivity contribution in [2.75, 3.05) is 5.32 Å². The summed E-state index contributed by atoms with van der Waals surface area (Å²) in [5, 5.41) is 11.9. The van der Waals surface area contributed by atoms with Crippen LogP contribution in [0.25, 0.3) is 0 Å². The summed E-state index contributed by atoms with van der Waals surface area (Å²) in [6.45, 7) is 5.94. The van der Waals surface area contributed by atoms with E-state index < -0.39 is 12.1 Å². The van der Waals surface area contributed by atoms with Crippen molar-refractivity contribution in [2.24, 2.45) is 0 Å². The highest BCUT2D eigenvalue weighted by molar-refractivity contribution is 5.92. The van der Waals surface area contributed by atoms with Crippen molar-refractivity contribution in [1.82, 2.24) is 0 Å². The largest absolute Gasteiger partial charge is 0.478 e. The van der Waals surface area contributed by atoms with Gasteiger partial charge in [-0.25, -0.2) is 9.59 Å². The highest BCUT2D eigenvalue weighted by Gasteiger charge is 2.22. The topological polar surface area (TPSA) is 75.6 Å². The van der Waals surface area contributed by atoms with Crippen LogP contribution in [-0.4, -0.2) is 17.2 Å². The molecule has 0 fully saturated rings. The standard InChI is InChI=1S/C19H21NO4/c1-19(2,3)16-11-14(9-10-15(16)17(21)22)20-18(23)24-12-13-7-5-4-6-8-13/h4-11H,12H2,1-3H3,(H,20,23)(H,21,22). The first-order valence-electron chi connectivity index (χ1n) is 7.63. The van der Waals surface area contributed by atoms with E-state index >= 15 is 0 Å². The summed E-state index contributed by atoms with van der Waals surface area (Å²) in [5.74, 6) is -0.988. The minimum Gasteiger partial charge on any atom is -0.478 e. The number of hydrogen-bond donors (Lipinski definition) is 2. The van der Waals surface area contributed by atoms with Crippen LogP contribution in [-0.2, 0) is 16.8 Å². The van der Waals surface area contributed by atoms with Crippen LogP contribution in [0.4, 0.5) is 10.5 Å². The molecule has 0 atom stereocenters. The molecule has 0 aliphatic carbocycles. The molecule has 0 heterocycles. The second kappa shape index (κ2) is 7.17. The zero-order chi connectivity index (χ0) is 17.7. The lowest BCUT2D eigenvalue weighted by Crippen LogP contribution is -2.19. The molecule has 2 rings (SSSR count). The van der Waals surface area contributed by atoms with Gasteiger partial charge in [-0.2, -0.15) is 0 Å². The number of carbonyl (C=O) groups excluding carboxylic acids is 1. The Bertz CT molecular complexity index is 733. The van der Waals surface area contributed by atoms with Gasteiger partial charge in [0.15, 0.2) is 0 Å². The Kier molecular flexibility index (Phi) is 5.24. The molecule has 0 bridgehead atoms. The number of carboxylic acid groups (broad SMARTS) is 1. The summed E-state index contributed by atoms with van der Waals surface area (Å²) in [6, 6.07) is 14.1. The number of nitrogens with one attached hydrogen (secondary N) is 1. The number of rotatable bonds is 4. The van der Waals surface area contributed by atoms with Gasteiger partial charge < -0.3 is 9.84 Å². The van der Waals surface area contributed by atoms with Gasteiger partial charge in [0, 0.05) is 5.69 Å². The van der Waals surface area contributed by atoms with Crippen molar-refractivity contribution in [1.29, 1.82) is 0 Å². The molecule has 0 spiro atoms. The highest BCUT2D eigenvalue weighted by Crippen LogP contribution is 2.28. The van der Waals surface area contributed by atoms with Crippen LogP contribution in [0.15, 0.2) is 48.5 Å². The van der Waals surface area contributed by atoms with Crippen LogP contribution < -0.4 is 5.32 Å². The Morgan fingerprint density at radius 3 is 2.33 bits per heavy atom.